The average Bonchev–Trinajstić information content (AvgIpc) is 3.24. The van der Waals surface area contributed by atoms with E-state index in [1.165, 1.54) is 6.08 Å². The summed E-state index contributed by atoms with van der Waals surface area (Å²) in [5, 5.41) is 7.51. The Labute approximate surface area is 171 Å². The van der Waals surface area contributed by atoms with Crippen molar-refractivity contribution in [2.45, 2.75) is 0 Å². The highest BCUT2D eigenvalue weighted by Gasteiger charge is 2.14. The Morgan fingerprint density at radius 3 is 2.55 bits per heavy atom. The molecule has 29 heavy (non-hydrogen) atoms. The maximum absolute atomic E-state index is 12.4. The van der Waals surface area contributed by atoms with E-state index in [1.54, 1.807) is 48.8 Å². The number of pyridine rings is 1. The molecule has 0 bridgehead atoms. The summed E-state index contributed by atoms with van der Waals surface area (Å²) in [5.41, 5.74) is 2.87. The molecule has 0 saturated carbocycles. The molecule has 0 aliphatic carbocycles. The monoisotopic (exact) mass is 402 g/mol. The van der Waals surface area contributed by atoms with Gasteiger partial charge in [-0.1, -0.05) is 41.0 Å². The van der Waals surface area contributed by atoms with Crippen molar-refractivity contribution in [3.05, 3.63) is 89.7 Å². The lowest BCUT2D eigenvalue weighted by molar-refractivity contribution is -0.111. The predicted octanol–water partition coefficient (Wildman–Crippen LogP) is 5.10. The Morgan fingerprint density at radius 1 is 1.00 bits per heavy atom. The van der Waals surface area contributed by atoms with Gasteiger partial charge in [0.1, 0.15) is 0 Å². The first-order valence-electron chi connectivity index (χ1n) is 8.77. The molecule has 0 saturated heterocycles. The molecule has 0 unspecified atom stereocenters. The molecule has 0 spiro atoms. The Kier molecular flexibility index (Phi) is 5.45. The second-order valence-electron chi connectivity index (χ2n) is 6.08. The lowest BCUT2D eigenvalue weighted by Crippen LogP contribution is -2.08. The zero-order chi connectivity index (χ0) is 20.1. The SMILES string of the molecule is O=C(/C=C/c1ccc(Cl)cc1)Nc1ccccc1-c1nc(-c2ccncc2)no1. The van der Waals surface area contributed by atoms with Crippen LogP contribution in [-0.2, 0) is 4.79 Å². The topological polar surface area (TPSA) is 80.9 Å². The summed E-state index contributed by atoms with van der Waals surface area (Å²) < 4.78 is 5.40. The molecule has 0 radical (unpaired) electrons. The highest BCUT2D eigenvalue weighted by Crippen LogP contribution is 2.28. The quantitative estimate of drug-likeness (QED) is 0.469. The number of para-hydroxylation sites is 1. The summed E-state index contributed by atoms with van der Waals surface area (Å²) in [4.78, 5) is 20.8. The number of rotatable bonds is 5. The van der Waals surface area contributed by atoms with Gasteiger partial charge in [-0.05, 0) is 48.0 Å². The van der Waals surface area contributed by atoms with Crippen LogP contribution in [0.25, 0.3) is 28.9 Å². The van der Waals surface area contributed by atoms with Crippen LogP contribution in [0.5, 0.6) is 0 Å². The molecule has 1 amide bonds. The van der Waals surface area contributed by atoms with Crippen LogP contribution in [0.4, 0.5) is 5.69 Å². The fourth-order valence-corrected chi connectivity index (χ4v) is 2.78. The number of halogens is 1. The van der Waals surface area contributed by atoms with Crippen LogP contribution >= 0.6 is 11.6 Å². The van der Waals surface area contributed by atoms with Gasteiger partial charge in [0.15, 0.2) is 0 Å². The van der Waals surface area contributed by atoms with Gasteiger partial charge >= 0.3 is 0 Å². The van der Waals surface area contributed by atoms with Crippen molar-refractivity contribution in [2.24, 2.45) is 0 Å². The summed E-state index contributed by atoms with van der Waals surface area (Å²) in [7, 11) is 0. The van der Waals surface area contributed by atoms with E-state index in [0.717, 1.165) is 11.1 Å². The number of nitrogens with one attached hydrogen (secondary N) is 1. The molecular formula is C22H15ClN4O2. The third-order valence-corrected chi connectivity index (χ3v) is 4.33. The van der Waals surface area contributed by atoms with Crippen LogP contribution in [0.3, 0.4) is 0 Å². The highest BCUT2D eigenvalue weighted by atomic mass is 35.5. The minimum atomic E-state index is -0.277. The molecule has 0 fully saturated rings. The minimum Gasteiger partial charge on any atom is -0.334 e. The number of amides is 1. The number of benzene rings is 2. The van der Waals surface area contributed by atoms with E-state index in [0.29, 0.717) is 28.0 Å². The molecule has 4 aromatic rings. The van der Waals surface area contributed by atoms with Gasteiger partial charge < -0.3 is 9.84 Å². The molecule has 0 atom stereocenters. The first-order chi connectivity index (χ1) is 14.2. The average molecular weight is 403 g/mol. The number of anilines is 1. The van der Waals surface area contributed by atoms with Crippen LogP contribution in [0.2, 0.25) is 5.02 Å². The maximum atomic E-state index is 12.4. The predicted molar refractivity (Wildman–Crippen MR) is 112 cm³/mol. The van der Waals surface area contributed by atoms with Gasteiger partial charge in [0.2, 0.25) is 11.7 Å². The molecule has 2 aromatic carbocycles. The van der Waals surface area contributed by atoms with E-state index in [4.69, 9.17) is 16.1 Å². The van der Waals surface area contributed by atoms with Crippen molar-refractivity contribution in [1.29, 1.82) is 0 Å². The number of hydrogen-bond acceptors (Lipinski definition) is 5. The Morgan fingerprint density at radius 2 is 1.76 bits per heavy atom. The molecule has 2 aromatic heterocycles. The lowest BCUT2D eigenvalue weighted by atomic mass is 10.1. The smallest absolute Gasteiger partial charge is 0.260 e. The van der Waals surface area contributed by atoms with E-state index in [-0.39, 0.29) is 5.91 Å². The van der Waals surface area contributed by atoms with Gasteiger partial charge in [-0.3, -0.25) is 9.78 Å². The number of carbonyl (C=O) groups is 1. The molecule has 4 rings (SSSR count). The standard InChI is InChI=1S/C22H15ClN4O2/c23-17-8-5-15(6-9-17)7-10-20(28)25-19-4-2-1-3-18(19)22-26-21(27-29-22)16-11-13-24-14-12-16/h1-14H,(H,25,28)/b10-7+. The normalized spacial score (nSPS) is 10.9. The zero-order valence-corrected chi connectivity index (χ0v) is 15.9. The van der Waals surface area contributed by atoms with Crippen molar-refractivity contribution in [2.75, 3.05) is 5.32 Å². The van der Waals surface area contributed by atoms with Crippen molar-refractivity contribution >= 4 is 29.3 Å². The number of hydrogen-bond donors (Lipinski definition) is 1. The van der Waals surface area contributed by atoms with Crippen LogP contribution in [0.1, 0.15) is 5.56 Å². The number of aromatic nitrogens is 3. The maximum Gasteiger partial charge on any atom is 0.260 e. The van der Waals surface area contributed by atoms with Gasteiger partial charge in [-0.2, -0.15) is 4.98 Å². The van der Waals surface area contributed by atoms with Gasteiger partial charge in [0, 0.05) is 29.1 Å². The van der Waals surface area contributed by atoms with E-state index >= 15 is 0 Å². The summed E-state index contributed by atoms with van der Waals surface area (Å²) >= 11 is 5.87. The molecule has 0 aliphatic rings. The summed E-state index contributed by atoms with van der Waals surface area (Å²) in [5.74, 6) is 0.488. The van der Waals surface area contributed by atoms with Crippen molar-refractivity contribution in [3.63, 3.8) is 0 Å². The van der Waals surface area contributed by atoms with E-state index in [9.17, 15) is 4.79 Å². The summed E-state index contributed by atoms with van der Waals surface area (Å²) in [6.45, 7) is 0. The first-order valence-corrected chi connectivity index (χ1v) is 9.15. The van der Waals surface area contributed by atoms with Crippen molar-refractivity contribution in [1.82, 2.24) is 15.1 Å². The molecule has 142 valence electrons. The second-order valence-corrected chi connectivity index (χ2v) is 6.52. The first kappa shape index (κ1) is 18.6. The molecular weight excluding hydrogens is 388 g/mol. The van der Waals surface area contributed by atoms with E-state index in [2.05, 4.69) is 20.4 Å². The molecule has 2 heterocycles. The van der Waals surface area contributed by atoms with Gasteiger partial charge in [-0.25, -0.2) is 0 Å². The van der Waals surface area contributed by atoms with Crippen LogP contribution in [-0.4, -0.2) is 21.0 Å². The van der Waals surface area contributed by atoms with Gasteiger partial charge in [0.05, 0.1) is 11.3 Å². The minimum absolute atomic E-state index is 0.277. The Bertz CT molecular complexity index is 1150. The fraction of sp³-hybridized carbons (Fsp3) is 0. The third-order valence-electron chi connectivity index (χ3n) is 4.08. The second kappa shape index (κ2) is 8.50. The Balaban J connectivity index is 1.53. The fourth-order valence-electron chi connectivity index (χ4n) is 2.65. The largest absolute Gasteiger partial charge is 0.334 e. The van der Waals surface area contributed by atoms with Crippen LogP contribution < -0.4 is 5.32 Å². The Hall–Kier alpha value is -3.77. The summed E-state index contributed by atoms with van der Waals surface area (Å²) in [6.07, 6.45) is 6.48. The molecule has 1 N–H and O–H groups in total. The van der Waals surface area contributed by atoms with Gasteiger partial charge in [-0.15, -0.1) is 0 Å². The van der Waals surface area contributed by atoms with Gasteiger partial charge in [0.25, 0.3) is 5.89 Å². The van der Waals surface area contributed by atoms with E-state index in [1.807, 2.05) is 30.3 Å². The molecule has 6 nitrogen and oxygen atoms in total. The summed E-state index contributed by atoms with van der Waals surface area (Å²) in [6, 6.07) is 18.0. The van der Waals surface area contributed by atoms with Crippen molar-refractivity contribution in [3.8, 4) is 22.8 Å². The van der Waals surface area contributed by atoms with Crippen LogP contribution in [0, 0.1) is 0 Å². The van der Waals surface area contributed by atoms with Crippen molar-refractivity contribution < 1.29 is 9.32 Å². The lowest BCUT2D eigenvalue weighted by Gasteiger charge is -2.06. The number of carbonyl (C=O) groups excluding carboxylic acids is 1. The van der Waals surface area contributed by atoms with Crippen LogP contribution in [0.15, 0.2) is 83.7 Å². The third kappa shape index (κ3) is 4.56. The van der Waals surface area contributed by atoms with E-state index < -0.39 is 0 Å². The number of nitrogens with zero attached hydrogens (tertiary/aromatic N) is 3. The highest BCUT2D eigenvalue weighted by molar-refractivity contribution is 6.30. The molecule has 0 aliphatic heterocycles. The zero-order valence-electron chi connectivity index (χ0n) is 15.1. The molecule has 7 heteroatoms.